The molecular weight excluding hydrogens is 278 g/mol. The Hall–Kier alpha value is -2.40. The topological polar surface area (TPSA) is 49.2 Å². The number of hydrogen-bond donors (Lipinski definition) is 0. The zero-order chi connectivity index (χ0) is 15.5. The number of methoxy groups -OCH3 is 1. The number of nitrogens with zero attached hydrogens (tertiary/aromatic N) is 3. The smallest absolute Gasteiger partial charge is 0.145 e. The maximum Gasteiger partial charge on any atom is 0.145 e. The van der Waals surface area contributed by atoms with Crippen molar-refractivity contribution < 1.29 is 9.47 Å². The Labute approximate surface area is 129 Å². The quantitative estimate of drug-likeness (QED) is 0.679. The van der Waals surface area contributed by atoms with Gasteiger partial charge in [-0.1, -0.05) is 12.1 Å². The first-order valence-corrected chi connectivity index (χ1v) is 7.21. The maximum absolute atomic E-state index is 5.81. The van der Waals surface area contributed by atoms with E-state index < -0.39 is 0 Å². The van der Waals surface area contributed by atoms with E-state index in [1.807, 2.05) is 29.9 Å². The Morgan fingerprint density at radius 2 is 2.05 bits per heavy atom. The molecule has 0 saturated heterocycles. The molecule has 0 amide bonds. The Balaban J connectivity index is 2.10. The molecule has 0 fully saturated rings. The molecule has 0 N–H and O–H groups in total. The summed E-state index contributed by atoms with van der Waals surface area (Å²) >= 11 is 0. The Morgan fingerprint density at radius 3 is 2.77 bits per heavy atom. The van der Waals surface area contributed by atoms with Gasteiger partial charge in [0, 0.05) is 25.7 Å². The number of benzene rings is 1. The Kier molecular flexibility index (Phi) is 4.06. The molecular formula is C17H19N3O2. The third-order valence-electron chi connectivity index (χ3n) is 3.64. The minimum Gasteiger partial charge on any atom is -0.489 e. The third kappa shape index (κ3) is 2.67. The highest BCUT2D eigenvalue weighted by molar-refractivity contribution is 5.89. The van der Waals surface area contributed by atoms with Gasteiger partial charge in [-0.3, -0.25) is 4.68 Å². The first-order valence-electron chi connectivity index (χ1n) is 7.21. The van der Waals surface area contributed by atoms with Crippen molar-refractivity contribution in [3.8, 4) is 17.1 Å². The summed E-state index contributed by atoms with van der Waals surface area (Å²) in [6, 6.07) is 10.0. The minimum absolute atomic E-state index is 0.506. The monoisotopic (exact) mass is 297 g/mol. The van der Waals surface area contributed by atoms with Gasteiger partial charge in [-0.15, -0.1) is 0 Å². The predicted molar refractivity (Wildman–Crippen MR) is 86.1 cm³/mol. The van der Waals surface area contributed by atoms with E-state index in [0.29, 0.717) is 13.2 Å². The second-order valence-electron chi connectivity index (χ2n) is 5.16. The van der Waals surface area contributed by atoms with E-state index in [4.69, 9.17) is 14.5 Å². The number of para-hydroxylation sites is 1. The SMILES string of the molecule is COCCOc1cccc2c(C)cc(-c3ccnn3C)nc12. The summed E-state index contributed by atoms with van der Waals surface area (Å²) in [5.74, 6) is 0.779. The van der Waals surface area contributed by atoms with Crippen molar-refractivity contribution in [2.45, 2.75) is 6.92 Å². The molecule has 3 aromatic rings. The van der Waals surface area contributed by atoms with Crippen LogP contribution < -0.4 is 4.74 Å². The van der Waals surface area contributed by atoms with Crippen molar-refractivity contribution >= 4 is 10.9 Å². The minimum atomic E-state index is 0.506. The van der Waals surface area contributed by atoms with Crippen LogP contribution in [0.4, 0.5) is 0 Å². The fourth-order valence-electron chi connectivity index (χ4n) is 2.50. The van der Waals surface area contributed by atoms with Gasteiger partial charge in [0.05, 0.1) is 18.0 Å². The van der Waals surface area contributed by atoms with Crippen LogP contribution in [-0.4, -0.2) is 35.1 Å². The largest absolute Gasteiger partial charge is 0.489 e. The number of hydrogen-bond acceptors (Lipinski definition) is 4. The lowest BCUT2D eigenvalue weighted by atomic mass is 10.1. The summed E-state index contributed by atoms with van der Waals surface area (Å²) in [5.41, 5.74) is 3.91. The first-order chi connectivity index (χ1) is 10.7. The number of aromatic nitrogens is 3. The Morgan fingerprint density at radius 1 is 1.18 bits per heavy atom. The van der Waals surface area contributed by atoms with Gasteiger partial charge in [0.25, 0.3) is 0 Å². The first kappa shape index (κ1) is 14.5. The van der Waals surface area contributed by atoms with E-state index in [0.717, 1.165) is 28.0 Å². The van der Waals surface area contributed by atoms with Crippen molar-refractivity contribution in [3.05, 3.63) is 42.1 Å². The van der Waals surface area contributed by atoms with Crippen molar-refractivity contribution in [2.24, 2.45) is 7.05 Å². The second-order valence-corrected chi connectivity index (χ2v) is 5.16. The van der Waals surface area contributed by atoms with Crippen LogP contribution in [0.15, 0.2) is 36.5 Å². The molecule has 0 aliphatic carbocycles. The number of rotatable bonds is 5. The predicted octanol–water partition coefficient (Wildman–Crippen LogP) is 2.97. The van der Waals surface area contributed by atoms with Crippen LogP contribution in [0.3, 0.4) is 0 Å². The molecule has 5 heteroatoms. The average molecular weight is 297 g/mol. The molecule has 2 heterocycles. The summed E-state index contributed by atoms with van der Waals surface area (Å²) < 4.78 is 12.7. The highest BCUT2D eigenvalue weighted by Gasteiger charge is 2.11. The molecule has 0 atom stereocenters. The van der Waals surface area contributed by atoms with E-state index in [-0.39, 0.29) is 0 Å². The van der Waals surface area contributed by atoms with Gasteiger partial charge in [-0.25, -0.2) is 4.98 Å². The molecule has 1 aromatic carbocycles. The standard InChI is InChI=1S/C17H19N3O2/c1-12-11-14(15-7-8-18-20(15)2)19-17-13(12)5-4-6-16(17)22-10-9-21-3/h4-8,11H,9-10H2,1-3H3. The van der Waals surface area contributed by atoms with E-state index in [2.05, 4.69) is 24.2 Å². The van der Waals surface area contributed by atoms with Crippen molar-refractivity contribution in [1.82, 2.24) is 14.8 Å². The van der Waals surface area contributed by atoms with Crippen LogP contribution in [-0.2, 0) is 11.8 Å². The lowest BCUT2D eigenvalue weighted by molar-refractivity contribution is 0.147. The highest BCUT2D eigenvalue weighted by Crippen LogP contribution is 2.29. The average Bonchev–Trinajstić information content (AvgIpc) is 2.94. The number of aryl methyl sites for hydroxylation is 2. The van der Waals surface area contributed by atoms with Gasteiger partial charge in [-0.05, 0) is 30.7 Å². The Bertz CT molecular complexity index is 796. The van der Waals surface area contributed by atoms with Crippen molar-refractivity contribution in [2.75, 3.05) is 20.3 Å². The molecule has 0 aliphatic heterocycles. The normalized spacial score (nSPS) is 11.0. The lowest BCUT2D eigenvalue weighted by Crippen LogP contribution is -2.05. The van der Waals surface area contributed by atoms with E-state index >= 15 is 0 Å². The fraction of sp³-hybridized carbons (Fsp3) is 0.294. The van der Waals surface area contributed by atoms with Crippen LogP contribution in [0.2, 0.25) is 0 Å². The molecule has 0 unspecified atom stereocenters. The number of fused-ring (bicyclic) bond motifs is 1. The van der Waals surface area contributed by atoms with Gasteiger partial charge < -0.3 is 9.47 Å². The second kappa shape index (κ2) is 6.15. The van der Waals surface area contributed by atoms with Crippen LogP contribution in [0.1, 0.15) is 5.56 Å². The molecule has 0 aliphatic rings. The summed E-state index contributed by atoms with van der Waals surface area (Å²) in [6.45, 7) is 3.14. The fourth-order valence-corrected chi connectivity index (χ4v) is 2.50. The van der Waals surface area contributed by atoms with Crippen LogP contribution in [0.25, 0.3) is 22.3 Å². The molecule has 22 heavy (non-hydrogen) atoms. The van der Waals surface area contributed by atoms with Crippen molar-refractivity contribution in [3.63, 3.8) is 0 Å². The molecule has 114 valence electrons. The van der Waals surface area contributed by atoms with E-state index in [9.17, 15) is 0 Å². The van der Waals surface area contributed by atoms with E-state index in [1.54, 1.807) is 13.3 Å². The molecule has 3 rings (SSSR count). The summed E-state index contributed by atoms with van der Waals surface area (Å²) in [5, 5.41) is 5.31. The third-order valence-corrected chi connectivity index (χ3v) is 3.64. The van der Waals surface area contributed by atoms with Crippen molar-refractivity contribution in [1.29, 1.82) is 0 Å². The summed E-state index contributed by atoms with van der Waals surface area (Å²) in [4.78, 5) is 4.79. The summed E-state index contributed by atoms with van der Waals surface area (Å²) in [7, 11) is 3.58. The number of ether oxygens (including phenoxy) is 2. The molecule has 2 aromatic heterocycles. The molecule has 0 saturated carbocycles. The maximum atomic E-state index is 5.81. The zero-order valence-electron chi connectivity index (χ0n) is 13.0. The van der Waals surface area contributed by atoms with Gasteiger partial charge in [-0.2, -0.15) is 5.10 Å². The highest BCUT2D eigenvalue weighted by atomic mass is 16.5. The lowest BCUT2D eigenvalue weighted by Gasteiger charge is -2.11. The molecule has 0 radical (unpaired) electrons. The zero-order valence-corrected chi connectivity index (χ0v) is 13.0. The van der Waals surface area contributed by atoms with Crippen LogP contribution in [0, 0.1) is 6.92 Å². The van der Waals surface area contributed by atoms with E-state index in [1.165, 1.54) is 5.56 Å². The summed E-state index contributed by atoms with van der Waals surface area (Å²) in [6.07, 6.45) is 1.78. The molecule has 5 nitrogen and oxygen atoms in total. The van der Waals surface area contributed by atoms with Gasteiger partial charge in [0.15, 0.2) is 0 Å². The van der Waals surface area contributed by atoms with Gasteiger partial charge in [0.2, 0.25) is 0 Å². The van der Waals surface area contributed by atoms with Crippen LogP contribution in [0.5, 0.6) is 5.75 Å². The van der Waals surface area contributed by atoms with Gasteiger partial charge >= 0.3 is 0 Å². The molecule has 0 bridgehead atoms. The molecule has 0 spiro atoms. The number of pyridine rings is 1. The van der Waals surface area contributed by atoms with Crippen LogP contribution >= 0.6 is 0 Å². The van der Waals surface area contributed by atoms with Gasteiger partial charge in [0.1, 0.15) is 17.9 Å².